The molecule has 9 heteroatoms. The molecular formula is C31H46O7SSi. The number of methoxy groups -OCH3 is 4. The molecule has 2 atom stereocenters. The molecule has 0 saturated carbocycles. The van der Waals surface area contributed by atoms with E-state index in [0.29, 0.717) is 36.2 Å². The first-order valence-corrected chi connectivity index (χ1v) is 17.6. The van der Waals surface area contributed by atoms with Crippen LogP contribution in [0.2, 0.25) is 18.1 Å². The lowest BCUT2D eigenvalue weighted by atomic mass is 10.1. The topological polar surface area (TPSA) is 64.6 Å². The summed E-state index contributed by atoms with van der Waals surface area (Å²) in [5.74, 6) is 4.03. The monoisotopic (exact) mass is 590 g/mol. The van der Waals surface area contributed by atoms with E-state index in [4.69, 9.17) is 32.8 Å². The predicted molar refractivity (Wildman–Crippen MR) is 164 cm³/mol. The van der Waals surface area contributed by atoms with Gasteiger partial charge in [-0.1, -0.05) is 39.8 Å². The molecule has 3 rings (SSSR count). The van der Waals surface area contributed by atoms with Crippen molar-refractivity contribution in [2.24, 2.45) is 0 Å². The zero-order chi connectivity index (χ0) is 29.5. The second-order valence-electron chi connectivity index (χ2n) is 11.2. The van der Waals surface area contributed by atoms with Crippen LogP contribution < -0.4 is 23.7 Å². The quantitative estimate of drug-likeness (QED) is 0.0949. The molecule has 0 bridgehead atoms. The molecule has 0 radical (unpaired) electrons. The Balaban J connectivity index is 1.84. The largest absolute Gasteiger partial charge is 0.493 e. The highest BCUT2D eigenvalue weighted by Crippen LogP contribution is 2.46. The van der Waals surface area contributed by atoms with Crippen LogP contribution in [-0.4, -0.2) is 55.7 Å². The lowest BCUT2D eigenvalue weighted by Gasteiger charge is -2.36. The zero-order valence-electron chi connectivity index (χ0n) is 25.7. The summed E-state index contributed by atoms with van der Waals surface area (Å²) < 4.78 is 41.4. The van der Waals surface area contributed by atoms with Gasteiger partial charge in [-0.15, -0.1) is 11.8 Å². The zero-order valence-corrected chi connectivity index (χ0v) is 27.5. The molecule has 0 saturated heterocycles. The summed E-state index contributed by atoms with van der Waals surface area (Å²) in [5, 5.41) is 0.177. The summed E-state index contributed by atoms with van der Waals surface area (Å²) in [6, 6.07) is 8.00. The molecule has 0 unspecified atom stereocenters. The third-order valence-electron chi connectivity index (χ3n) is 7.42. The van der Waals surface area contributed by atoms with Gasteiger partial charge in [0.1, 0.15) is 12.2 Å². The smallest absolute Gasteiger partial charge is 0.203 e. The molecule has 0 spiro atoms. The summed E-state index contributed by atoms with van der Waals surface area (Å²) in [7, 11) is 4.68. The Morgan fingerprint density at radius 3 is 1.77 bits per heavy atom. The van der Waals surface area contributed by atoms with Gasteiger partial charge in [0, 0.05) is 12.4 Å². The number of benzene rings is 2. The molecule has 0 fully saturated rings. The first kappa shape index (κ1) is 32.2. The molecule has 1 aliphatic heterocycles. The van der Waals surface area contributed by atoms with E-state index in [1.807, 2.05) is 18.2 Å². The molecule has 7 nitrogen and oxygen atoms in total. The van der Waals surface area contributed by atoms with Crippen molar-refractivity contribution in [2.75, 3.05) is 47.4 Å². The van der Waals surface area contributed by atoms with Gasteiger partial charge in [0.15, 0.2) is 31.3 Å². The molecule has 1 aliphatic rings. The number of rotatable bonds is 14. The Bertz CT molecular complexity index is 1130. The van der Waals surface area contributed by atoms with E-state index < -0.39 is 8.32 Å². The Kier molecular flexibility index (Phi) is 11.3. The fourth-order valence-electron chi connectivity index (χ4n) is 4.13. The summed E-state index contributed by atoms with van der Waals surface area (Å²) in [6.07, 6.45) is 4.52. The predicted octanol–water partition coefficient (Wildman–Crippen LogP) is 7.99. The Labute approximate surface area is 245 Å². The standard InChI is InChI=1S/C31H46O7SSi/c1-11-14-36-30-27(34-7)19-22(20-28(30)39-16-15-37-40(9,10)31(2,3)4)24-13-12-23(38-24)21-17-25(32-5)29(35-8)26(18-21)33-6/h12-13,17-20,23-24H,11,14-16H2,1-10H3/t23-,24-/m0/s1. The molecule has 1 heterocycles. The van der Waals surface area contributed by atoms with Crippen LogP contribution in [0, 0.1) is 0 Å². The second-order valence-corrected chi connectivity index (χ2v) is 17.1. The minimum Gasteiger partial charge on any atom is -0.493 e. The van der Waals surface area contributed by atoms with Crippen LogP contribution in [0.1, 0.15) is 57.5 Å². The van der Waals surface area contributed by atoms with Crippen LogP contribution in [0.3, 0.4) is 0 Å². The van der Waals surface area contributed by atoms with Gasteiger partial charge >= 0.3 is 0 Å². The van der Waals surface area contributed by atoms with Crippen molar-refractivity contribution >= 4 is 20.1 Å². The van der Waals surface area contributed by atoms with Crippen LogP contribution >= 0.6 is 11.8 Å². The maximum absolute atomic E-state index is 6.50. The average molecular weight is 591 g/mol. The van der Waals surface area contributed by atoms with E-state index in [2.05, 4.69) is 59.0 Å². The van der Waals surface area contributed by atoms with E-state index in [-0.39, 0.29) is 17.2 Å². The maximum atomic E-state index is 6.50. The van der Waals surface area contributed by atoms with Gasteiger partial charge in [0.25, 0.3) is 0 Å². The molecule has 0 amide bonds. The van der Waals surface area contributed by atoms with Crippen molar-refractivity contribution in [3.8, 4) is 28.7 Å². The molecule has 222 valence electrons. The number of thioether (sulfide) groups is 1. The van der Waals surface area contributed by atoms with E-state index in [1.54, 1.807) is 40.2 Å². The molecule has 2 aromatic rings. The van der Waals surface area contributed by atoms with Gasteiger partial charge in [0.05, 0.1) is 39.9 Å². The van der Waals surface area contributed by atoms with Gasteiger partial charge in [-0.05, 0) is 59.9 Å². The third-order valence-corrected chi connectivity index (χ3v) is 12.9. The van der Waals surface area contributed by atoms with Crippen LogP contribution in [0.25, 0.3) is 0 Å². The Hall–Kier alpha value is -2.33. The average Bonchev–Trinajstić information content (AvgIpc) is 3.43. The van der Waals surface area contributed by atoms with Crippen molar-refractivity contribution < 1.29 is 32.8 Å². The molecule has 0 N–H and O–H groups in total. The fraction of sp³-hybridized carbons (Fsp3) is 0.548. The Morgan fingerprint density at radius 1 is 0.775 bits per heavy atom. The molecule has 2 aromatic carbocycles. The minimum absolute atomic E-state index is 0.177. The van der Waals surface area contributed by atoms with Gasteiger partial charge in [-0.25, -0.2) is 0 Å². The molecular weight excluding hydrogens is 544 g/mol. The first-order valence-electron chi connectivity index (χ1n) is 13.7. The van der Waals surface area contributed by atoms with Gasteiger partial charge < -0.3 is 32.8 Å². The van der Waals surface area contributed by atoms with Crippen molar-refractivity contribution in [3.05, 3.63) is 47.5 Å². The minimum atomic E-state index is -1.81. The number of hydrogen-bond donors (Lipinski definition) is 0. The second kappa shape index (κ2) is 14.0. The number of hydrogen-bond acceptors (Lipinski definition) is 8. The fourth-order valence-corrected chi connectivity index (χ4v) is 6.22. The van der Waals surface area contributed by atoms with E-state index in [0.717, 1.165) is 33.9 Å². The third kappa shape index (κ3) is 7.49. The van der Waals surface area contributed by atoms with Crippen LogP contribution in [-0.2, 0) is 9.16 Å². The first-order chi connectivity index (χ1) is 19.0. The normalized spacial score (nSPS) is 17.1. The van der Waals surface area contributed by atoms with Crippen molar-refractivity contribution in [1.82, 2.24) is 0 Å². The van der Waals surface area contributed by atoms with Crippen LogP contribution in [0.4, 0.5) is 0 Å². The van der Waals surface area contributed by atoms with E-state index in [1.165, 1.54) is 0 Å². The van der Waals surface area contributed by atoms with Crippen molar-refractivity contribution in [2.45, 2.75) is 69.4 Å². The summed E-state index contributed by atoms with van der Waals surface area (Å²) in [4.78, 5) is 1.02. The van der Waals surface area contributed by atoms with Crippen molar-refractivity contribution in [1.29, 1.82) is 0 Å². The summed E-state index contributed by atoms with van der Waals surface area (Å²) >= 11 is 1.73. The lowest BCUT2D eigenvalue weighted by Crippen LogP contribution is -2.41. The van der Waals surface area contributed by atoms with Crippen LogP contribution in [0.5, 0.6) is 28.7 Å². The Morgan fingerprint density at radius 2 is 1.30 bits per heavy atom. The molecule has 0 aromatic heterocycles. The summed E-state index contributed by atoms with van der Waals surface area (Å²) in [5.41, 5.74) is 1.92. The highest BCUT2D eigenvalue weighted by atomic mass is 32.2. The number of ether oxygens (including phenoxy) is 6. The van der Waals surface area contributed by atoms with Gasteiger partial charge in [0.2, 0.25) is 5.75 Å². The van der Waals surface area contributed by atoms with Gasteiger partial charge in [-0.2, -0.15) is 0 Å². The van der Waals surface area contributed by atoms with E-state index in [9.17, 15) is 0 Å². The lowest BCUT2D eigenvalue weighted by molar-refractivity contribution is 0.0596. The highest BCUT2D eigenvalue weighted by molar-refractivity contribution is 7.99. The molecule has 0 aliphatic carbocycles. The maximum Gasteiger partial charge on any atom is 0.203 e. The van der Waals surface area contributed by atoms with Crippen LogP contribution in [0.15, 0.2) is 41.3 Å². The van der Waals surface area contributed by atoms with E-state index >= 15 is 0 Å². The van der Waals surface area contributed by atoms with Crippen molar-refractivity contribution in [3.63, 3.8) is 0 Å². The molecule has 40 heavy (non-hydrogen) atoms. The van der Waals surface area contributed by atoms with Gasteiger partial charge in [-0.3, -0.25) is 0 Å². The summed E-state index contributed by atoms with van der Waals surface area (Å²) in [6.45, 7) is 14.8. The highest BCUT2D eigenvalue weighted by Gasteiger charge is 2.37. The SMILES string of the molecule is CCCOc1c(OC)cc([C@@H]2C=C[C@@H](c3cc(OC)c(OC)c(OC)c3)O2)cc1SCCO[Si](C)(C)C(C)(C)C.